The number of benzene rings is 2. The molecule has 0 bridgehead atoms. The van der Waals surface area contributed by atoms with E-state index >= 15 is 0 Å². The smallest absolute Gasteiger partial charge is 0.340 e. The number of aromatic nitrogens is 3. The van der Waals surface area contributed by atoms with Crippen molar-refractivity contribution in [3.8, 4) is 0 Å². The molecule has 2 aromatic heterocycles. The zero-order chi connectivity index (χ0) is 24.0. The van der Waals surface area contributed by atoms with Gasteiger partial charge in [-0.3, -0.25) is 4.79 Å². The fraction of sp³-hybridized carbons (Fsp3) is 0.320. The van der Waals surface area contributed by atoms with Crippen LogP contribution in [0.15, 0.2) is 47.3 Å². The Hall–Kier alpha value is -3.07. The largest absolute Gasteiger partial charge is 0.465 e. The minimum atomic E-state index is -0.502. The number of piperidine rings is 1. The number of aryl methyl sites for hydroxylation is 1. The molecule has 2 aromatic carbocycles. The summed E-state index contributed by atoms with van der Waals surface area (Å²) in [6.07, 6.45) is 1.90. The third kappa shape index (κ3) is 4.26. The number of imidazole rings is 1. The first kappa shape index (κ1) is 25.0. The zero-order valence-corrected chi connectivity index (χ0v) is 21.1. The quantitative estimate of drug-likeness (QED) is 0.416. The monoisotopic (exact) mass is 515 g/mol. The van der Waals surface area contributed by atoms with Gasteiger partial charge in [0.05, 0.1) is 24.7 Å². The lowest BCUT2D eigenvalue weighted by Gasteiger charge is -2.32. The van der Waals surface area contributed by atoms with Crippen LogP contribution >= 0.6 is 24.0 Å². The average Bonchev–Trinajstić information content (AvgIpc) is 3.22. The van der Waals surface area contributed by atoms with Gasteiger partial charge in [0.25, 0.3) is 5.56 Å². The number of halogens is 2. The van der Waals surface area contributed by atoms with Crippen molar-refractivity contribution >= 4 is 57.9 Å². The number of esters is 1. The number of pyridine rings is 1. The zero-order valence-electron chi connectivity index (χ0n) is 19.5. The van der Waals surface area contributed by atoms with Crippen LogP contribution in [0, 0.1) is 0 Å². The maximum atomic E-state index is 13.7. The van der Waals surface area contributed by atoms with E-state index in [9.17, 15) is 9.59 Å². The highest BCUT2D eigenvalue weighted by Gasteiger charge is 2.27. The predicted octanol–water partition coefficient (Wildman–Crippen LogP) is 3.73. The number of carbonyl (C=O) groups excluding carboxylic acids is 1. The van der Waals surface area contributed by atoms with E-state index in [0.717, 1.165) is 24.9 Å². The summed E-state index contributed by atoms with van der Waals surface area (Å²) in [7, 11) is 2.99. The second-order valence-corrected chi connectivity index (χ2v) is 9.10. The summed E-state index contributed by atoms with van der Waals surface area (Å²) in [5, 5.41) is 1.33. The normalized spacial score (nSPS) is 15.9. The van der Waals surface area contributed by atoms with Crippen molar-refractivity contribution in [1.82, 2.24) is 14.1 Å². The van der Waals surface area contributed by atoms with Crippen LogP contribution in [0.4, 0.5) is 5.95 Å². The van der Waals surface area contributed by atoms with E-state index in [2.05, 4.69) is 4.90 Å². The molecule has 8 nitrogen and oxygen atoms in total. The van der Waals surface area contributed by atoms with Gasteiger partial charge in [-0.1, -0.05) is 41.9 Å². The Kier molecular flexibility index (Phi) is 7.07. The third-order valence-corrected chi connectivity index (χ3v) is 6.88. The molecule has 1 atom stereocenters. The summed E-state index contributed by atoms with van der Waals surface area (Å²) in [6.45, 7) is 1.83. The number of methoxy groups -OCH3 is 1. The molecule has 4 aromatic rings. The number of rotatable bonds is 4. The molecule has 2 N–H and O–H groups in total. The van der Waals surface area contributed by atoms with Crippen molar-refractivity contribution in [2.75, 3.05) is 25.1 Å². The SMILES string of the molecule is COC(=O)c1cccc2c3nc(N4CCC[C@@H](N)C4)n(Cc4ccccc4Cl)c3c(=O)n(C)c12.Cl. The summed E-state index contributed by atoms with van der Waals surface area (Å²) in [5.41, 5.74) is 8.75. The molecular weight excluding hydrogens is 489 g/mol. The second-order valence-electron chi connectivity index (χ2n) is 8.69. The molecule has 0 spiro atoms. The third-order valence-electron chi connectivity index (χ3n) is 6.51. The van der Waals surface area contributed by atoms with E-state index in [1.807, 2.05) is 34.9 Å². The Bertz CT molecular complexity index is 1480. The topological polar surface area (TPSA) is 95.4 Å². The Morgan fingerprint density at radius 1 is 1.20 bits per heavy atom. The van der Waals surface area contributed by atoms with Gasteiger partial charge in [-0.05, 0) is 30.5 Å². The molecule has 10 heteroatoms. The van der Waals surface area contributed by atoms with Crippen LogP contribution < -0.4 is 16.2 Å². The Labute approximate surface area is 213 Å². The van der Waals surface area contributed by atoms with Gasteiger partial charge in [0, 0.05) is 36.6 Å². The Morgan fingerprint density at radius 2 is 1.97 bits per heavy atom. The first-order chi connectivity index (χ1) is 16.4. The van der Waals surface area contributed by atoms with Crippen molar-refractivity contribution < 1.29 is 9.53 Å². The van der Waals surface area contributed by atoms with Crippen molar-refractivity contribution in [2.24, 2.45) is 12.8 Å². The number of anilines is 1. The van der Waals surface area contributed by atoms with Gasteiger partial charge in [0.1, 0.15) is 11.0 Å². The number of ether oxygens (including phenoxy) is 1. The van der Waals surface area contributed by atoms with Crippen LogP contribution in [0.1, 0.15) is 28.8 Å². The Balaban J connectivity index is 0.00000289. The molecule has 0 radical (unpaired) electrons. The van der Waals surface area contributed by atoms with E-state index in [0.29, 0.717) is 51.6 Å². The number of fused-ring (bicyclic) bond motifs is 3. The van der Waals surface area contributed by atoms with E-state index in [4.69, 9.17) is 27.1 Å². The van der Waals surface area contributed by atoms with E-state index in [1.165, 1.54) is 11.7 Å². The van der Waals surface area contributed by atoms with Crippen molar-refractivity contribution in [3.63, 3.8) is 0 Å². The summed E-state index contributed by atoms with van der Waals surface area (Å²) in [4.78, 5) is 33.3. The summed E-state index contributed by atoms with van der Waals surface area (Å²) < 4.78 is 8.39. The predicted molar refractivity (Wildman–Crippen MR) is 141 cm³/mol. The molecular formula is C25H27Cl2N5O3. The molecule has 1 aliphatic rings. The van der Waals surface area contributed by atoms with E-state index < -0.39 is 5.97 Å². The molecule has 0 amide bonds. The molecule has 35 heavy (non-hydrogen) atoms. The fourth-order valence-corrected chi connectivity index (χ4v) is 5.05. The number of carbonyl (C=O) groups is 1. The maximum Gasteiger partial charge on any atom is 0.340 e. The lowest BCUT2D eigenvalue weighted by atomic mass is 10.1. The molecule has 184 valence electrons. The number of para-hydroxylation sites is 1. The van der Waals surface area contributed by atoms with Gasteiger partial charge in [0.15, 0.2) is 0 Å². The highest BCUT2D eigenvalue weighted by Crippen LogP contribution is 2.31. The average molecular weight is 516 g/mol. The summed E-state index contributed by atoms with van der Waals surface area (Å²) in [5.74, 6) is 0.177. The van der Waals surface area contributed by atoms with Crippen LogP contribution in [0.3, 0.4) is 0 Å². The molecule has 0 aliphatic carbocycles. The fourth-order valence-electron chi connectivity index (χ4n) is 4.86. The minimum absolute atomic E-state index is 0. The lowest BCUT2D eigenvalue weighted by Crippen LogP contribution is -2.44. The second kappa shape index (κ2) is 9.89. The van der Waals surface area contributed by atoms with E-state index in [-0.39, 0.29) is 24.0 Å². The lowest BCUT2D eigenvalue weighted by molar-refractivity contribution is 0.0602. The summed E-state index contributed by atoms with van der Waals surface area (Å²) >= 11 is 6.49. The van der Waals surface area contributed by atoms with Gasteiger partial charge < -0.3 is 24.5 Å². The van der Waals surface area contributed by atoms with Gasteiger partial charge in [0.2, 0.25) is 5.95 Å². The number of hydrogen-bond acceptors (Lipinski definition) is 6. The van der Waals surface area contributed by atoms with E-state index in [1.54, 1.807) is 19.2 Å². The van der Waals surface area contributed by atoms with Crippen LogP contribution in [-0.2, 0) is 18.3 Å². The Morgan fingerprint density at radius 3 is 2.69 bits per heavy atom. The number of hydrogen-bond donors (Lipinski definition) is 1. The molecule has 5 rings (SSSR count). The molecule has 0 saturated carbocycles. The van der Waals surface area contributed by atoms with Gasteiger partial charge in [-0.15, -0.1) is 12.4 Å². The van der Waals surface area contributed by atoms with Crippen LogP contribution in [-0.4, -0.2) is 46.3 Å². The summed E-state index contributed by atoms with van der Waals surface area (Å²) in [6, 6.07) is 12.9. The minimum Gasteiger partial charge on any atom is -0.465 e. The molecule has 1 saturated heterocycles. The van der Waals surface area contributed by atoms with Gasteiger partial charge >= 0.3 is 5.97 Å². The van der Waals surface area contributed by atoms with Gasteiger partial charge in [-0.2, -0.15) is 0 Å². The highest BCUT2D eigenvalue weighted by molar-refractivity contribution is 6.31. The number of nitrogens with two attached hydrogens (primary N) is 1. The number of nitrogens with zero attached hydrogens (tertiary/aromatic N) is 4. The van der Waals surface area contributed by atoms with Gasteiger partial charge in [-0.25, -0.2) is 9.78 Å². The standard InChI is InChI=1S/C25H26ClN5O3.ClH/c1-29-21-17(9-5-10-18(21)24(33)34-2)20-22(23(29)32)31(13-15-7-3-4-11-19(15)26)25(28-20)30-12-6-8-16(27)14-30;/h3-5,7,9-11,16H,6,8,12-14,27H2,1-2H3;1H/t16-;/m1./s1. The molecule has 1 aliphatic heterocycles. The van der Waals surface area contributed by atoms with Crippen molar-refractivity contribution in [1.29, 1.82) is 0 Å². The molecule has 0 unspecified atom stereocenters. The van der Waals surface area contributed by atoms with Crippen LogP contribution in [0.2, 0.25) is 5.02 Å². The maximum absolute atomic E-state index is 13.7. The van der Waals surface area contributed by atoms with Crippen molar-refractivity contribution in [3.05, 3.63) is 69.0 Å². The molecule has 1 fully saturated rings. The van der Waals surface area contributed by atoms with Crippen molar-refractivity contribution in [2.45, 2.75) is 25.4 Å². The highest BCUT2D eigenvalue weighted by atomic mass is 35.5. The van der Waals surface area contributed by atoms with Crippen LogP contribution in [0.5, 0.6) is 0 Å². The molecule has 3 heterocycles. The first-order valence-corrected chi connectivity index (χ1v) is 11.6. The van der Waals surface area contributed by atoms with Crippen LogP contribution in [0.25, 0.3) is 21.9 Å². The first-order valence-electron chi connectivity index (χ1n) is 11.2.